The van der Waals surface area contributed by atoms with Crippen LogP contribution in [-0.2, 0) is 13.0 Å². The van der Waals surface area contributed by atoms with Crippen molar-refractivity contribution in [2.45, 2.75) is 57.5 Å². The summed E-state index contributed by atoms with van der Waals surface area (Å²) in [6.45, 7) is 4.05. The van der Waals surface area contributed by atoms with Gasteiger partial charge in [-0.15, -0.1) is 0 Å². The van der Waals surface area contributed by atoms with Gasteiger partial charge in [0, 0.05) is 40.7 Å². The number of rotatable bonds is 10. The normalized spacial score (nSPS) is 15.0. The summed E-state index contributed by atoms with van der Waals surface area (Å²) in [6.07, 6.45) is 5.54. The first kappa shape index (κ1) is 27.0. The number of hydrogen-bond acceptors (Lipinski definition) is 2. The zero-order valence-electron chi connectivity index (χ0n) is 23.9. The van der Waals surface area contributed by atoms with Crippen LogP contribution >= 0.6 is 0 Å². The topological polar surface area (TPSA) is 46.1 Å². The van der Waals surface area contributed by atoms with Gasteiger partial charge in [-0.2, -0.15) is 0 Å². The Kier molecular flexibility index (Phi) is 8.29. The van der Waals surface area contributed by atoms with Crippen molar-refractivity contribution in [1.29, 1.82) is 0 Å². The maximum absolute atomic E-state index is 14.5. The van der Waals surface area contributed by atoms with Crippen molar-refractivity contribution in [3.8, 4) is 0 Å². The molecule has 6 rings (SSSR count). The third-order valence-corrected chi connectivity index (χ3v) is 8.39. The molecule has 4 heteroatoms. The molecule has 0 aliphatic carbocycles. The van der Waals surface area contributed by atoms with E-state index in [2.05, 4.69) is 119 Å². The van der Waals surface area contributed by atoms with Gasteiger partial charge in [0.15, 0.2) is 0 Å². The lowest BCUT2D eigenvalue weighted by molar-refractivity contribution is 0.101. The maximum Gasteiger partial charge on any atom is 0.272 e. The molecule has 0 saturated carbocycles. The second kappa shape index (κ2) is 12.6. The molecule has 0 spiro atoms. The predicted octanol–water partition coefficient (Wildman–Crippen LogP) is 8.17. The lowest BCUT2D eigenvalue weighted by atomic mass is 9.83. The lowest BCUT2D eigenvalue weighted by Crippen LogP contribution is -2.25. The Morgan fingerprint density at radius 3 is 2.17 bits per heavy atom. The first-order chi connectivity index (χ1) is 20.2. The van der Waals surface area contributed by atoms with Crippen LogP contribution in [0, 0.1) is 0 Å². The summed E-state index contributed by atoms with van der Waals surface area (Å²) in [5.74, 6) is -0.142. The van der Waals surface area contributed by atoms with Gasteiger partial charge in [-0.25, -0.2) is 0 Å². The average Bonchev–Trinajstić information content (AvgIpc) is 3.65. The molecule has 1 unspecified atom stereocenters. The molecular weight excluding hydrogens is 502 g/mol. The van der Waals surface area contributed by atoms with Crippen molar-refractivity contribution < 1.29 is 4.79 Å². The molecular formula is C37H39N3O. The summed E-state index contributed by atoms with van der Waals surface area (Å²) in [6, 6.07) is 38.5. The quantitative estimate of drug-likeness (QED) is 0.187. The van der Waals surface area contributed by atoms with Crippen molar-refractivity contribution in [2.24, 2.45) is 0 Å². The fourth-order valence-corrected chi connectivity index (χ4v) is 6.44. The first-order valence-electron chi connectivity index (χ1n) is 15.1. The number of anilines is 1. The number of carbonyl (C=O) groups excluding carboxylic acids is 1. The monoisotopic (exact) mass is 541 g/mol. The molecule has 1 amide bonds. The van der Waals surface area contributed by atoms with Crippen LogP contribution in [0.15, 0.2) is 109 Å². The van der Waals surface area contributed by atoms with E-state index < -0.39 is 0 Å². The number of fused-ring (bicyclic) bond motifs is 1. The minimum absolute atomic E-state index is 0.0596. The molecule has 2 N–H and O–H groups in total. The summed E-state index contributed by atoms with van der Waals surface area (Å²) in [4.78, 5) is 14.5. The Hall–Kier alpha value is -4.15. The number of nitrogens with zero attached hydrogens (tertiary/aromatic N) is 1. The summed E-state index contributed by atoms with van der Waals surface area (Å²) < 4.78 is 2.28. The molecule has 4 aromatic carbocycles. The molecule has 1 aliphatic rings. The predicted molar refractivity (Wildman–Crippen MR) is 170 cm³/mol. The Labute approximate surface area is 243 Å². The number of carbonyl (C=O) groups is 1. The van der Waals surface area contributed by atoms with E-state index in [1.54, 1.807) is 0 Å². The Morgan fingerprint density at radius 2 is 1.54 bits per heavy atom. The average molecular weight is 542 g/mol. The van der Waals surface area contributed by atoms with E-state index in [1.165, 1.54) is 29.5 Å². The van der Waals surface area contributed by atoms with E-state index in [4.69, 9.17) is 0 Å². The summed E-state index contributed by atoms with van der Waals surface area (Å²) in [7, 11) is 0. The number of aromatic nitrogens is 1. The van der Waals surface area contributed by atoms with Crippen LogP contribution in [0.4, 0.5) is 5.69 Å². The van der Waals surface area contributed by atoms with Crippen LogP contribution in [0.5, 0.6) is 0 Å². The largest absolute Gasteiger partial charge is 0.336 e. The zero-order chi connectivity index (χ0) is 28.0. The Bertz CT molecular complexity index is 1540. The number of hydrogen-bond donors (Lipinski definition) is 2. The first-order valence-corrected chi connectivity index (χ1v) is 15.1. The summed E-state index contributed by atoms with van der Waals surface area (Å²) in [5, 5.41) is 8.06. The summed E-state index contributed by atoms with van der Waals surface area (Å²) >= 11 is 0. The van der Waals surface area contributed by atoms with Gasteiger partial charge in [-0.3, -0.25) is 4.79 Å². The van der Waals surface area contributed by atoms with Gasteiger partial charge in [0.25, 0.3) is 5.91 Å². The van der Waals surface area contributed by atoms with Gasteiger partial charge in [-0.1, -0.05) is 104 Å². The third-order valence-electron chi connectivity index (χ3n) is 8.39. The highest BCUT2D eigenvalue weighted by Crippen LogP contribution is 2.40. The molecule has 1 aliphatic heterocycles. The van der Waals surface area contributed by atoms with Gasteiger partial charge >= 0.3 is 0 Å². The van der Waals surface area contributed by atoms with E-state index in [1.807, 2.05) is 12.1 Å². The molecule has 1 aromatic heterocycles. The maximum atomic E-state index is 14.5. The molecule has 41 heavy (non-hydrogen) atoms. The number of para-hydroxylation sites is 1. The van der Waals surface area contributed by atoms with Crippen LogP contribution < -0.4 is 10.6 Å². The van der Waals surface area contributed by atoms with Gasteiger partial charge in [0.05, 0.1) is 0 Å². The van der Waals surface area contributed by atoms with Gasteiger partial charge in [0.2, 0.25) is 0 Å². The van der Waals surface area contributed by atoms with Crippen molar-refractivity contribution in [1.82, 2.24) is 9.88 Å². The molecule has 2 heterocycles. The molecule has 5 aromatic rings. The second-order valence-electron chi connectivity index (χ2n) is 11.2. The van der Waals surface area contributed by atoms with E-state index in [0.29, 0.717) is 6.04 Å². The molecule has 1 fully saturated rings. The molecule has 208 valence electrons. The van der Waals surface area contributed by atoms with Gasteiger partial charge in [0.1, 0.15) is 5.69 Å². The van der Waals surface area contributed by atoms with Crippen LogP contribution in [0.25, 0.3) is 10.9 Å². The Balaban J connectivity index is 1.51. The molecule has 1 saturated heterocycles. The lowest BCUT2D eigenvalue weighted by Gasteiger charge is -2.21. The smallest absolute Gasteiger partial charge is 0.272 e. The fraction of sp³-hybridized carbons (Fsp3) is 0.270. The van der Waals surface area contributed by atoms with E-state index in [0.717, 1.165) is 60.2 Å². The van der Waals surface area contributed by atoms with Crippen LogP contribution in [0.3, 0.4) is 0 Å². The van der Waals surface area contributed by atoms with Gasteiger partial charge < -0.3 is 15.2 Å². The van der Waals surface area contributed by atoms with E-state index in [-0.39, 0.29) is 11.8 Å². The standard InChI is InChI=1S/C37H39N3O/c1-2-12-27-20-22-31(23-21-27)39-37(41)36-35(34(28-13-5-3-6-14-28)29-15-7-4-8-16-29)32-18-9-10-19-33(32)40(36)26-24-30-17-11-25-38-30/h3-10,13-16,18-23,30,34,38H,2,11-12,17,24-26H2,1H3,(H,39,41). The SMILES string of the molecule is CCCc1ccc(NC(=O)c2c(C(c3ccccc3)c3ccccc3)c3ccccc3n2CCC2CCCN2)cc1. The Morgan fingerprint density at radius 1 is 0.878 bits per heavy atom. The van der Waals surface area contributed by atoms with Crippen molar-refractivity contribution in [3.05, 3.63) is 137 Å². The zero-order valence-corrected chi connectivity index (χ0v) is 23.9. The summed E-state index contributed by atoms with van der Waals surface area (Å²) in [5.41, 5.74) is 7.40. The van der Waals surface area contributed by atoms with Crippen LogP contribution in [0.1, 0.15) is 71.3 Å². The molecule has 1 atom stereocenters. The van der Waals surface area contributed by atoms with Crippen molar-refractivity contribution in [3.63, 3.8) is 0 Å². The third kappa shape index (κ3) is 5.84. The van der Waals surface area contributed by atoms with Crippen LogP contribution in [-0.4, -0.2) is 23.1 Å². The number of amides is 1. The van der Waals surface area contributed by atoms with Crippen molar-refractivity contribution >= 4 is 22.5 Å². The highest BCUT2D eigenvalue weighted by molar-refractivity contribution is 6.09. The number of nitrogens with one attached hydrogen (secondary N) is 2. The molecule has 0 radical (unpaired) electrons. The van der Waals surface area contributed by atoms with E-state index in [9.17, 15) is 4.79 Å². The minimum Gasteiger partial charge on any atom is -0.336 e. The molecule has 4 nitrogen and oxygen atoms in total. The second-order valence-corrected chi connectivity index (χ2v) is 11.2. The molecule has 0 bridgehead atoms. The van der Waals surface area contributed by atoms with Crippen molar-refractivity contribution in [2.75, 3.05) is 11.9 Å². The van der Waals surface area contributed by atoms with Crippen LogP contribution in [0.2, 0.25) is 0 Å². The highest BCUT2D eigenvalue weighted by atomic mass is 16.2. The fourth-order valence-electron chi connectivity index (χ4n) is 6.44. The van der Waals surface area contributed by atoms with Gasteiger partial charge in [-0.05, 0) is 67.1 Å². The minimum atomic E-state index is -0.0826. The number of aryl methyl sites for hydroxylation is 2. The highest BCUT2D eigenvalue weighted by Gasteiger charge is 2.30. The number of benzene rings is 4. The van der Waals surface area contributed by atoms with E-state index >= 15 is 0 Å².